The van der Waals surface area contributed by atoms with E-state index in [2.05, 4.69) is 22.6 Å². The predicted molar refractivity (Wildman–Crippen MR) is 105 cm³/mol. The molecule has 140 valence electrons. The summed E-state index contributed by atoms with van der Waals surface area (Å²) in [6.45, 7) is 2.40. The number of benzene rings is 2. The van der Waals surface area contributed by atoms with Crippen LogP contribution in [0, 0.1) is 6.92 Å². The van der Waals surface area contributed by atoms with Crippen molar-refractivity contribution in [1.29, 1.82) is 0 Å². The largest absolute Gasteiger partial charge is 0.497 e. The summed E-state index contributed by atoms with van der Waals surface area (Å²) in [6.07, 6.45) is 2.96. The van der Waals surface area contributed by atoms with Crippen LogP contribution in [0.1, 0.15) is 34.5 Å². The van der Waals surface area contributed by atoms with Gasteiger partial charge in [-0.2, -0.15) is 0 Å². The molecule has 0 aliphatic carbocycles. The Hall–Kier alpha value is -3.08. The number of aromatic nitrogens is 1. The van der Waals surface area contributed by atoms with Gasteiger partial charge in [0.25, 0.3) is 5.91 Å². The van der Waals surface area contributed by atoms with E-state index in [4.69, 9.17) is 9.26 Å². The summed E-state index contributed by atoms with van der Waals surface area (Å²) in [4.78, 5) is 12.6. The van der Waals surface area contributed by atoms with E-state index in [1.54, 1.807) is 14.0 Å². The molecule has 0 bridgehead atoms. The zero-order chi connectivity index (χ0) is 19.1. The Morgan fingerprint density at radius 3 is 2.52 bits per heavy atom. The Bertz CT molecular complexity index is 870. The minimum Gasteiger partial charge on any atom is -0.497 e. The minimum atomic E-state index is -0.153. The SMILES string of the molecule is COc1ccc(-c2onc(C)c2C(=O)NCCCCc2ccccc2)cc1. The standard InChI is InChI=1S/C22H24N2O3/c1-16-20(21(27-24-16)18-11-13-19(26-2)14-12-18)22(25)23-15-7-6-10-17-8-4-3-5-9-17/h3-5,8-9,11-14H,6-7,10,15H2,1-2H3,(H,23,25). The van der Waals surface area contributed by atoms with Crippen molar-refractivity contribution in [2.75, 3.05) is 13.7 Å². The number of methoxy groups -OCH3 is 1. The van der Waals surface area contributed by atoms with E-state index in [0.717, 1.165) is 30.6 Å². The first kappa shape index (κ1) is 18.7. The number of hydrogen-bond donors (Lipinski definition) is 1. The molecule has 1 N–H and O–H groups in total. The van der Waals surface area contributed by atoms with Crippen molar-refractivity contribution in [3.8, 4) is 17.1 Å². The average Bonchev–Trinajstić information content (AvgIpc) is 3.10. The highest BCUT2D eigenvalue weighted by atomic mass is 16.5. The second-order valence-electron chi connectivity index (χ2n) is 6.40. The number of nitrogens with zero attached hydrogens (tertiary/aromatic N) is 1. The molecule has 0 aliphatic rings. The van der Waals surface area contributed by atoms with Gasteiger partial charge in [-0.25, -0.2) is 0 Å². The van der Waals surface area contributed by atoms with Gasteiger partial charge in [0.1, 0.15) is 11.3 Å². The molecule has 5 heteroatoms. The molecule has 0 unspecified atom stereocenters. The fourth-order valence-electron chi connectivity index (χ4n) is 2.97. The Kier molecular flexibility index (Phi) is 6.26. The molecular formula is C22H24N2O3. The third-order valence-electron chi connectivity index (χ3n) is 4.46. The van der Waals surface area contributed by atoms with Crippen LogP contribution in [0.2, 0.25) is 0 Å². The van der Waals surface area contributed by atoms with Crippen molar-refractivity contribution in [1.82, 2.24) is 10.5 Å². The highest BCUT2D eigenvalue weighted by Crippen LogP contribution is 2.27. The van der Waals surface area contributed by atoms with Gasteiger partial charge in [0.2, 0.25) is 0 Å². The Labute approximate surface area is 159 Å². The van der Waals surface area contributed by atoms with Gasteiger partial charge in [-0.15, -0.1) is 0 Å². The first-order valence-electron chi connectivity index (χ1n) is 9.12. The number of hydrogen-bond acceptors (Lipinski definition) is 4. The van der Waals surface area contributed by atoms with E-state index < -0.39 is 0 Å². The molecule has 5 nitrogen and oxygen atoms in total. The number of unbranched alkanes of at least 4 members (excludes halogenated alkanes) is 1. The number of rotatable bonds is 8. The molecule has 0 radical (unpaired) electrons. The van der Waals surface area contributed by atoms with Gasteiger partial charge in [0, 0.05) is 12.1 Å². The topological polar surface area (TPSA) is 64.4 Å². The van der Waals surface area contributed by atoms with Crippen LogP contribution in [0.4, 0.5) is 0 Å². The first-order valence-corrected chi connectivity index (χ1v) is 9.12. The molecule has 1 amide bonds. The summed E-state index contributed by atoms with van der Waals surface area (Å²) < 4.78 is 10.6. The molecule has 2 aromatic carbocycles. The third-order valence-corrected chi connectivity index (χ3v) is 4.46. The number of nitrogens with one attached hydrogen (secondary N) is 1. The Balaban J connectivity index is 1.57. The maximum Gasteiger partial charge on any atom is 0.257 e. The predicted octanol–water partition coefficient (Wildman–Crippen LogP) is 4.41. The molecule has 0 aliphatic heterocycles. The first-order chi connectivity index (χ1) is 13.2. The molecule has 0 saturated carbocycles. The van der Waals surface area contributed by atoms with Crippen molar-refractivity contribution in [2.45, 2.75) is 26.2 Å². The molecule has 27 heavy (non-hydrogen) atoms. The summed E-state index contributed by atoms with van der Waals surface area (Å²) in [5.41, 5.74) is 3.19. The lowest BCUT2D eigenvalue weighted by molar-refractivity contribution is 0.0952. The van der Waals surface area contributed by atoms with Crippen LogP contribution >= 0.6 is 0 Å². The molecule has 0 saturated heterocycles. The highest BCUT2D eigenvalue weighted by molar-refractivity contribution is 6.00. The lowest BCUT2D eigenvalue weighted by Crippen LogP contribution is -2.25. The maximum atomic E-state index is 12.6. The Morgan fingerprint density at radius 2 is 1.81 bits per heavy atom. The lowest BCUT2D eigenvalue weighted by Gasteiger charge is -2.07. The van der Waals surface area contributed by atoms with Crippen molar-refractivity contribution in [3.63, 3.8) is 0 Å². The second-order valence-corrected chi connectivity index (χ2v) is 6.40. The number of aryl methyl sites for hydroxylation is 2. The van der Waals surface area contributed by atoms with Crippen LogP contribution in [0.3, 0.4) is 0 Å². The molecular weight excluding hydrogens is 340 g/mol. The summed E-state index contributed by atoms with van der Waals surface area (Å²) in [7, 11) is 1.62. The molecule has 3 aromatic rings. The van der Waals surface area contributed by atoms with Crippen LogP contribution in [0.25, 0.3) is 11.3 Å². The molecule has 1 aromatic heterocycles. The van der Waals surface area contributed by atoms with Gasteiger partial charge < -0.3 is 14.6 Å². The van der Waals surface area contributed by atoms with Gasteiger partial charge in [-0.1, -0.05) is 35.5 Å². The van der Waals surface area contributed by atoms with Crippen LogP contribution in [0.15, 0.2) is 59.1 Å². The van der Waals surface area contributed by atoms with Crippen LogP contribution < -0.4 is 10.1 Å². The zero-order valence-electron chi connectivity index (χ0n) is 15.7. The van der Waals surface area contributed by atoms with Crippen LogP contribution in [-0.4, -0.2) is 24.7 Å². The van der Waals surface area contributed by atoms with Gasteiger partial charge in [0.05, 0.1) is 12.8 Å². The van der Waals surface area contributed by atoms with Crippen molar-refractivity contribution in [2.24, 2.45) is 0 Å². The number of ether oxygens (including phenoxy) is 1. The molecule has 0 atom stereocenters. The number of amides is 1. The number of carbonyl (C=O) groups is 1. The summed E-state index contributed by atoms with van der Waals surface area (Å²) in [5, 5.41) is 6.95. The fourth-order valence-corrected chi connectivity index (χ4v) is 2.97. The maximum absolute atomic E-state index is 12.6. The van der Waals surface area contributed by atoms with E-state index in [-0.39, 0.29) is 5.91 Å². The quantitative estimate of drug-likeness (QED) is 0.601. The zero-order valence-corrected chi connectivity index (χ0v) is 15.7. The fraction of sp³-hybridized carbons (Fsp3) is 0.273. The van der Waals surface area contributed by atoms with Crippen LogP contribution in [0.5, 0.6) is 5.75 Å². The van der Waals surface area contributed by atoms with Crippen LogP contribution in [-0.2, 0) is 6.42 Å². The highest BCUT2D eigenvalue weighted by Gasteiger charge is 2.21. The lowest BCUT2D eigenvalue weighted by atomic mass is 10.1. The summed E-state index contributed by atoms with van der Waals surface area (Å²) in [6, 6.07) is 17.7. The van der Waals surface area contributed by atoms with E-state index in [9.17, 15) is 4.79 Å². The summed E-state index contributed by atoms with van der Waals surface area (Å²) in [5.74, 6) is 1.08. The third kappa shape index (κ3) is 4.76. The van der Waals surface area contributed by atoms with E-state index >= 15 is 0 Å². The second kappa shape index (κ2) is 9.03. The molecule has 0 fully saturated rings. The normalized spacial score (nSPS) is 10.6. The van der Waals surface area contributed by atoms with Gasteiger partial charge in [0.15, 0.2) is 5.76 Å². The van der Waals surface area contributed by atoms with E-state index in [1.165, 1.54) is 5.56 Å². The van der Waals surface area contributed by atoms with Crippen molar-refractivity contribution < 1.29 is 14.1 Å². The molecule has 0 spiro atoms. The summed E-state index contributed by atoms with van der Waals surface area (Å²) >= 11 is 0. The minimum absolute atomic E-state index is 0.153. The van der Waals surface area contributed by atoms with E-state index in [1.807, 2.05) is 42.5 Å². The molecule has 1 heterocycles. The number of carbonyl (C=O) groups excluding carboxylic acids is 1. The van der Waals surface area contributed by atoms with Gasteiger partial charge in [-0.05, 0) is 56.0 Å². The van der Waals surface area contributed by atoms with Gasteiger partial charge in [-0.3, -0.25) is 4.79 Å². The average molecular weight is 364 g/mol. The Morgan fingerprint density at radius 1 is 1.07 bits per heavy atom. The smallest absolute Gasteiger partial charge is 0.257 e. The van der Waals surface area contributed by atoms with Crippen molar-refractivity contribution in [3.05, 3.63) is 71.4 Å². The van der Waals surface area contributed by atoms with Gasteiger partial charge >= 0.3 is 0 Å². The molecule has 3 rings (SSSR count). The monoisotopic (exact) mass is 364 g/mol. The van der Waals surface area contributed by atoms with Crippen molar-refractivity contribution >= 4 is 5.91 Å². The van der Waals surface area contributed by atoms with E-state index in [0.29, 0.717) is 23.6 Å².